The number of hydrogen-bond acceptors (Lipinski definition) is 2. The van der Waals surface area contributed by atoms with Gasteiger partial charge in [0.2, 0.25) is 5.91 Å². The van der Waals surface area contributed by atoms with E-state index in [1.165, 1.54) is 0 Å². The van der Waals surface area contributed by atoms with Crippen LogP contribution in [0.15, 0.2) is 35.2 Å². The average Bonchev–Trinajstić information content (AvgIpc) is 2.37. The zero-order valence-corrected chi connectivity index (χ0v) is 11.0. The highest BCUT2D eigenvalue weighted by molar-refractivity contribution is 7.99. The van der Waals surface area contributed by atoms with Crippen molar-refractivity contribution in [3.05, 3.63) is 30.3 Å². The number of rotatable bonds is 3. The molecule has 0 bridgehead atoms. The Morgan fingerprint density at radius 3 is 2.83 bits per heavy atom. The summed E-state index contributed by atoms with van der Waals surface area (Å²) in [5.41, 5.74) is -1.11. The predicted octanol–water partition coefficient (Wildman–Crippen LogP) is 2.88. The fourth-order valence-electron chi connectivity index (χ4n) is 2.72. The summed E-state index contributed by atoms with van der Waals surface area (Å²) in [7, 11) is 0. The maximum Gasteiger partial charge on any atom is 0.224 e. The number of hydrogen-bond donors (Lipinski definition) is 0. The Balaban J connectivity index is 1.58. The van der Waals surface area contributed by atoms with Crippen LogP contribution in [0.1, 0.15) is 19.3 Å². The van der Waals surface area contributed by atoms with Gasteiger partial charge in [-0.25, -0.2) is 4.39 Å². The van der Waals surface area contributed by atoms with Gasteiger partial charge in [0.15, 0.2) is 0 Å². The van der Waals surface area contributed by atoms with Crippen molar-refractivity contribution in [2.24, 2.45) is 0 Å². The molecule has 0 aromatic heterocycles. The molecule has 0 saturated carbocycles. The van der Waals surface area contributed by atoms with Crippen molar-refractivity contribution in [2.45, 2.75) is 35.9 Å². The van der Waals surface area contributed by atoms with E-state index in [0.29, 0.717) is 31.6 Å². The summed E-state index contributed by atoms with van der Waals surface area (Å²) < 4.78 is 14.7. The Hall–Kier alpha value is -1.03. The molecule has 4 heteroatoms. The molecule has 96 valence electrons. The molecule has 0 aliphatic carbocycles. The van der Waals surface area contributed by atoms with Crippen LogP contribution in [0.3, 0.4) is 0 Å². The molecule has 1 amide bonds. The highest BCUT2D eigenvalue weighted by Gasteiger charge is 2.47. The summed E-state index contributed by atoms with van der Waals surface area (Å²) in [5, 5.41) is 0. The third-order valence-corrected chi connectivity index (χ3v) is 5.08. The Morgan fingerprint density at radius 2 is 2.17 bits per heavy atom. The van der Waals surface area contributed by atoms with E-state index in [-0.39, 0.29) is 11.9 Å². The maximum absolute atomic E-state index is 14.7. The lowest BCUT2D eigenvalue weighted by Gasteiger charge is -2.48. The summed E-state index contributed by atoms with van der Waals surface area (Å²) in [6.45, 7) is 0.593. The number of amides is 1. The first-order chi connectivity index (χ1) is 8.66. The number of thioether (sulfide) groups is 1. The number of fused-ring (bicyclic) bond motifs is 1. The van der Waals surface area contributed by atoms with Crippen LogP contribution in [0.25, 0.3) is 0 Å². The second kappa shape index (κ2) is 4.57. The minimum absolute atomic E-state index is 0.160. The number of nitrogens with zero attached hydrogens (tertiary/aromatic N) is 1. The van der Waals surface area contributed by atoms with Crippen molar-refractivity contribution in [2.75, 3.05) is 12.3 Å². The molecule has 2 fully saturated rings. The monoisotopic (exact) mass is 265 g/mol. The lowest BCUT2D eigenvalue weighted by Crippen LogP contribution is -2.60. The number of β-lactam (4-membered cyclic amide) rings is 1. The van der Waals surface area contributed by atoms with Crippen LogP contribution in [0.5, 0.6) is 0 Å². The van der Waals surface area contributed by atoms with Crippen molar-refractivity contribution in [1.82, 2.24) is 4.90 Å². The number of halogens is 1. The lowest BCUT2D eigenvalue weighted by molar-refractivity contribution is -0.152. The number of carbonyl (C=O) groups excluding carboxylic acids is 1. The molecule has 2 nitrogen and oxygen atoms in total. The van der Waals surface area contributed by atoms with Gasteiger partial charge in [-0.2, -0.15) is 0 Å². The zero-order chi connectivity index (χ0) is 12.6. The van der Waals surface area contributed by atoms with Gasteiger partial charge in [0, 0.05) is 36.1 Å². The van der Waals surface area contributed by atoms with Crippen LogP contribution >= 0.6 is 11.8 Å². The molecule has 1 aromatic rings. The first kappa shape index (κ1) is 12.0. The second-order valence-corrected chi connectivity index (χ2v) is 6.20. The largest absolute Gasteiger partial charge is 0.339 e. The number of benzene rings is 1. The minimum atomic E-state index is -1.11. The van der Waals surface area contributed by atoms with Crippen molar-refractivity contribution in [3.8, 4) is 0 Å². The highest BCUT2D eigenvalue weighted by Crippen LogP contribution is 2.40. The fourth-order valence-corrected chi connectivity index (χ4v) is 3.75. The first-order valence-corrected chi connectivity index (χ1v) is 7.31. The lowest BCUT2D eigenvalue weighted by atomic mass is 9.83. The third-order valence-electron chi connectivity index (χ3n) is 3.81. The molecule has 0 N–H and O–H groups in total. The van der Waals surface area contributed by atoms with E-state index in [0.717, 1.165) is 4.90 Å². The Kier molecular flexibility index (Phi) is 3.06. The molecular formula is C14H16FNOS. The summed E-state index contributed by atoms with van der Waals surface area (Å²) in [5.74, 6) is 0.688. The molecule has 2 aliphatic heterocycles. The van der Waals surface area contributed by atoms with Gasteiger partial charge in [-0.3, -0.25) is 4.79 Å². The molecule has 3 rings (SSSR count). The molecule has 2 saturated heterocycles. The smallest absolute Gasteiger partial charge is 0.224 e. The number of carbonyl (C=O) groups is 1. The van der Waals surface area contributed by atoms with E-state index in [9.17, 15) is 9.18 Å². The average molecular weight is 265 g/mol. The molecule has 0 radical (unpaired) electrons. The number of alkyl halides is 1. The van der Waals surface area contributed by atoms with Gasteiger partial charge in [-0.05, 0) is 18.6 Å². The molecule has 2 heterocycles. The normalized spacial score (nSPS) is 30.8. The summed E-state index contributed by atoms with van der Waals surface area (Å²) in [6, 6.07) is 10.1. The van der Waals surface area contributed by atoms with E-state index in [2.05, 4.69) is 0 Å². The van der Waals surface area contributed by atoms with Crippen LogP contribution in [-0.4, -0.2) is 34.8 Å². The van der Waals surface area contributed by atoms with Gasteiger partial charge < -0.3 is 4.90 Å². The fraction of sp³-hybridized carbons (Fsp3) is 0.500. The summed E-state index contributed by atoms with van der Waals surface area (Å²) in [4.78, 5) is 14.2. The van der Waals surface area contributed by atoms with Crippen LogP contribution in [0.2, 0.25) is 0 Å². The molecule has 2 atom stereocenters. The van der Waals surface area contributed by atoms with Crippen LogP contribution in [0, 0.1) is 0 Å². The quantitative estimate of drug-likeness (QED) is 0.618. The van der Waals surface area contributed by atoms with Crippen molar-refractivity contribution in [1.29, 1.82) is 0 Å². The molecule has 1 aromatic carbocycles. The van der Waals surface area contributed by atoms with Crippen LogP contribution in [-0.2, 0) is 4.79 Å². The van der Waals surface area contributed by atoms with E-state index in [4.69, 9.17) is 0 Å². The van der Waals surface area contributed by atoms with Crippen molar-refractivity contribution < 1.29 is 9.18 Å². The molecule has 2 unspecified atom stereocenters. The van der Waals surface area contributed by atoms with Crippen molar-refractivity contribution in [3.63, 3.8) is 0 Å². The van der Waals surface area contributed by atoms with Gasteiger partial charge in [0.1, 0.15) is 5.67 Å². The van der Waals surface area contributed by atoms with Gasteiger partial charge >= 0.3 is 0 Å². The van der Waals surface area contributed by atoms with Gasteiger partial charge in [-0.15, -0.1) is 11.8 Å². The number of piperidine rings is 1. The van der Waals surface area contributed by atoms with E-state index < -0.39 is 5.67 Å². The molecule has 2 aliphatic rings. The van der Waals surface area contributed by atoms with Gasteiger partial charge in [-0.1, -0.05) is 18.2 Å². The van der Waals surface area contributed by atoms with Crippen LogP contribution < -0.4 is 0 Å². The Labute approximate surface area is 111 Å². The van der Waals surface area contributed by atoms with E-state index in [1.807, 2.05) is 35.2 Å². The maximum atomic E-state index is 14.7. The van der Waals surface area contributed by atoms with E-state index >= 15 is 0 Å². The second-order valence-electron chi connectivity index (χ2n) is 5.15. The topological polar surface area (TPSA) is 20.3 Å². The van der Waals surface area contributed by atoms with E-state index in [1.54, 1.807) is 11.8 Å². The standard InChI is InChI=1S/C14H16FNOS/c15-14(10-18-12-4-2-1-3-5-12)6-7-16-11(9-14)8-13(16)17/h1-5,11H,6-10H2. The molecular weight excluding hydrogens is 249 g/mol. The van der Waals surface area contributed by atoms with Gasteiger partial charge in [0.05, 0.1) is 0 Å². The zero-order valence-electron chi connectivity index (χ0n) is 10.1. The Morgan fingerprint density at radius 1 is 1.39 bits per heavy atom. The molecule has 0 spiro atoms. The summed E-state index contributed by atoms with van der Waals surface area (Å²) in [6.07, 6.45) is 1.54. The molecule has 18 heavy (non-hydrogen) atoms. The summed E-state index contributed by atoms with van der Waals surface area (Å²) >= 11 is 1.58. The first-order valence-electron chi connectivity index (χ1n) is 6.33. The van der Waals surface area contributed by atoms with Crippen molar-refractivity contribution >= 4 is 17.7 Å². The minimum Gasteiger partial charge on any atom is -0.339 e. The third kappa shape index (κ3) is 2.26. The predicted molar refractivity (Wildman–Crippen MR) is 70.4 cm³/mol. The van der Waals surface area contributed by atoms with Crippen LogP contribution in [0.4, 0.5) is 4.39 Å². The SMILES string of the molecule is O=C1CC2CC(F)(CSc3ccccc3)CCN12. The highest BCUT2D eigenvalue weighted by atomic mass is 32.2. The van der Waals surface area contributed by atoms with Gasteiger partial charge in [0.25, 0.3) is 0 Å². The Bertz CT molecular complexity index is 452.